The number of amides is 1. The van der Waals surface area contributed by atoms with E-state index in [9.17, 15) is 9.59 Å². The van der Waals surface area contributed by atoms with Gasteiger partial charge in [-0.3, -0.25) is 9.59 Å². The summed E-state index contributed by atoms with van der Waals surface area (Å²) in [5.41, 5.74) is 2.39. The highest BCUT2D eigenvalue weighted by atomic mass is 16.5. The second-order valence-corrected chi connectivity index (χ2v) is 5.38. The van der Waals surface area contributed by atoms with Gasteiger partial charge in [0.05, 0.1) is 17.9 Å². The average Bonchev–Trinajstić information content (AvgIpc) is 2.92. The van der Waals surface area contributed by atoms with Crippen LogP contribution in [0.4, 0.5) is 5.69 Å². The van der Waals surface area contributed by atoms with Crippen LogP contribution in [0.2, 0.25) is 0 Å². The molecule has 2 aromatic carbocycles. The molecule has 0 bridgehead atoms. The number of carbonyl (C=O) groups excluding carboxylic acids is 2. The molecular weight excluding hydrogens is 304 g/mol. The van der Waals surface area contributed by atoms with Crippen LogP contribution in [0.1, 0.15) is 23.0 Å². The summed E-state index contributed by atoms with van der Waals surface area (Å²) in [4.78, 5) is 28.2. The Hall–Kier alpha value is -3.08. The number of ketones is 1. The first kappa shape index (κ1) is 15.8. The van der Waals surface area contributed by atoms with Crippen LogP contribution in [0.5, 0.6) is 5.75 Å². The van der Waals surface area contributed by atoms with Crippen molar-refractivity contribution >= 4 is 28.3 Å². The van der Waals surface area contributed by atoms with E-state index in [1.165, 1.54) is 0 Å². The van der Waals surface area contributed by atoms with Crippen molar-refractivity contribution in [3.05, 3.63) is 59.8 Å². The summed E-state index contributed by atoms with van der Waals surface area (Å²) in [5.74, 6) is -0.719. The Balaban J connectivity index is 1.90. The molecule has 5 nitrogen and oxygen atoms in total. The number of rotatable bonds is 5. The van der Waals surface area contributed by atoms with Crippen LogP contribution < -0.4 is 10.1 Å². The molecule has 1 amide bonds. The molecule has 122 valence electrons. The third kappa shape index (κ3) is 2.88. The molecule has 0 aliphatic carbocycles. The van der Waals surface area contributed by atoms with Gasteiger partial charge in [-0.2, -0.15) is 0 Å². The number of aryl methyl sites for hydroxylation is 1. The molecule has 0 atom stereocenters. The van der Waals surface area contributed by atoms with Crippen molar-refractivity contribution in [2.45, 2.75) is 13.8 Å². The van der Waals surface area contributed by atoms with Gasteiger partial charge in [-0.1, -0.05) is 30.3 Å². The molecule has 0 radical (unpaired) electrons. The van der Waals surface area contributed by atoms with Crippen molar-refractivity contribution < 1.29 is 14.3 Å². The molecule has 0 spiro atoms. The van der Waals surface area contributed by atoms with E-state index in [0.717, 1.165) is 10.9 Å². The lowest BCUT2D eigenvalue weighted by atomic mass is 10.1. The Labute approximate surface area is 139 Å². The van der Waals surface area contributed by atoms with E-state index in [-0.39, 0.29) is 0 Å². The number of aromatic amines is 1. The smallest absolute Gasteiger partial charge is 0.296 e. The molecule has 0 saturated carbocycles. The maximum absolute atomic E-state index is 12.6. The Bertz CT molecular complexity index is 912. The monoisotopic (exact) mass is 322 g/mol. The van der Waals surface area contributed by atoms with Crippen molar-refractivity contribution in [2.24, 2.45) is 0 Å². The fraction of sp³-hybridized carbons (Fsp3) is 0.158. The minimum absolute atomic E-state index is 0.400. The van der Waals surface area contributed by atoms with Crippen LogP contribution in [0.25, 0.3) is 10.9 Å². The van der Waals surface area contributed by atoms with Gasteiger partial charge < -0.3 is 15.0 Å². The van der Waals surface area contributed by atoms with E-state index in [0.29, 0.717) is 29.3 Å². The van der Waals surface area contributed by atoms with Gasteiger partial charge in [-0.15, -0.1) is 0 Å². The molecule has 3 rings (SSSR count). The number of anilines is 1. The number of benzene rings is 2. The number of ether oxygens (including phenoxy) is 1. The van der Waals surface area contributed by atoms with E-state index < -0.39 is 11.7 Å². The average molecular weight is 322 g/mol. The Morgan fingerprint density at radius 3 is 2.58 bits per heavy atom. The number of hydrogen-bond acceptors (Lipinski definition) is 3. The maximum Gasteiger partial charge on any atom is 0.296 e. The third-order valence-corrected chi connectivity index (χ3v) is 3.76. The predicted molar refractivity (Wildman–Crippen MR) is 93.6 cm³/mol. The van der Waals surface area contributed by atoms with Crippen molar-refractivity contribution in [2.75, 3.05) is 11.9 Å². The Morgan fingerprint density at radius 1 is 1.08 bits per heavy atom. The van der Waals surface area contributed by atoms with Crippen LogP contribution in [-0.2, 0) is 4.79 Å². The van der Waals surface area contributed by atoms with Gasteiger partial charge in [-0.05, 0) is 32.0 Å². The second kappa shape index (κ2) is 6.58. The fourth-order valence-electron chi connectivity index (χ4n) is 2.71. The van der Waals surface area contributed by atoms with Gasteiger partial charge in [0.2, 0.25) is 0 Å². The molecule has 2 N–H and O–H groups in total. The van der Waals surface area contributed by atoms with Crippen molar-refractivity contribution in [1.29, 1.82) is 0 Å². The molecule has 0 aliphatic heterocycles. The zero-order chi connectivity index (χ0) is 17.1. The van der Waals surface area contributed by atoms with Crippen molar-refractivity contribution in [1.82, 2.24) is 4.98 Å². The van der Waals surface area contributed by atoms with Gasteiger partial charge in [0, 0.05) is 16.6 Å². The number of hydrogen-bond donors (Lipinski definition) is 2. The summed E-state index contributed by atoms with van der Waals surface area (Å²) in [7, 11) is 0. The van der Waals surface area contributed by atoms with Crippen LogP contribution in [0.3, 0.4) is 0 Å². The molecular formula is C19H18N2O3. The first-order valence-electron chi connectivity index (χ1n) is 7.76. The molecule has 24 heavy (non-hydrogen) atoms. The standard InChI is InChI=1S/C19H18N2O3/c1-3-24-16-11-7-6-10-15(16)21-19(23)18(22)17-12(2)20-14-9-5-4-8-13(14)17/h4-11,20H,3H2,1-2H3,(H,21,23). The SMILES string of the molecule is CCOc1ccccc1NC(=O)C(=O)c1c(C)[nH]c2ccccc12. The molecule has 0 saturated heterocycles. The lowest BCUT2D eigenvalue weighted by Gasteiger charge is -2.10. The number of carbonyl (C=O) groups is 2. The molecule has 5 heteroatoms. The van der Waals surface area contributed by atoms with E-state index in [1.807, 2.05) is 37.3 Å². The molecule has 0 fully saturated rings. The number of para-hydroxylation sites is 3. The predicted octanol–water partition coefficient (Wildman–Crippen LogP) is 3.70. The highest BCUT2D eigenvalue weighted by Gasteiger charge is 2.23. The zero-order valence-corrected chi connectivity index (χ0v) is 13.6. The lowest BCUT2D eigenvalue weighted by molar-refractivity contribution is -0.112. The molecule has 1 aromatic heterocycles. The van der Waals surface area contributed by atoms with Crippen LogP contribution in [0.15, 0.2) is 48.5 Å². The minimum atomic E-state index is -0.685. The molecule has 0 aliphatic rings. The fourth-order valence-corrected chi connectivity index (χ4v) is 2.71. The number of nitrogens with one attached hydrogen (secondary N) is 2. The molecule has 1 heterocycles. The highest BCUT2D eigenvalue weighted by molar-refractivity contribution is 6.48. The van der Waals surface area contributed by atoms with Gasteiger partial charge >= 0.3 is 0 Å². The van der Waals surface area contributed by atoms with E-state index in [2.05, 4.69) is 10.3 Å². The largest absolute Gasteiger partial charge is 0.492 e. The number of aromatic nitrogens is 1. The second-order valence-electron chi connectivity index (χ2n) is 5.38. The minimum Gasteiger partial charge on any atom is -0.492 e. The normalized spacial score (nSPS) is 10.6. The van der Waals surface area contributed by atoms with Gasteiger partial charge in [0.15, 0.2) is 0 Å². The third-order valence-electron chi connectivity index (χ3n) is 3.76. The van der Waals surface area contributed by atoms with E-state index in [1.54, 1.807) is 25.1 Å². The zero-order valence-electron chi connectivity index (χ0n) is 13.6. The Morgan fingerprint density at radius 2 is 1.79 bits per heavy atom. The summed E-state index contributed by atoms with van der Waals surface area (Å²) in [5, 5.41) is 3.39. The van der Waals surface area contributed by atoms with Gasteiger partial charge in [0.1, 0.15) is 5.75 Å². The molecule has 0 unspecified atom stereocenters. The highest BCUT2D eigenvalue weighted by Crippen LogP contribution is 2.26. The van der Waals surface area contributed by atoms with Crippen LogP contribution in [0, 0.1) is 6.92 Å². The van der Waals surface area contributed by atoms with E-state index in [4.69, 9.17) is 4.74 Å². The van der Waals surface area contributed by atoms with Crippen molar-refractivity contribution in [3.63, 3.8) is 0 Å². The number of Topliss-reactive ketones (excluding diaryl/α,β-unsaturated/α-hetero) is 1. The summed E-state index contributed by atoms with van der Waals surface area (Å²) in [6.07, 6.45) is 0. The maximum atomic E-state index is 12.6. The summed E-state index contributed by atoms with van der Waals surface area (Å²) < 4.78 is 5.47. The summed E-state index contributed by atoms with van der Waals surface area (Å²) >= 11 is 0. The van der Waals surface area contributed by atoms with E-state index >= 15 is 0 Å². The topological polar surface area (TPSA) is 71.2 Å². The van der Waals surface area contributed by atoms with Crippen molar-refractivity contribution in [3.8, 4) is 5.75 Å². The summed E-state index contributed by atoms with van der Waals surface area (Å²) in [6.45, 7) is 4.12. The molecule has 3 aromatic rings. The Kier molecular flexibility index (Phi) is 4.33. The van der Waals surface area contributed by atoms with Gasteiger partial charge in [0.25, 0.3) is 11.7 Å². The quantitative estimate of drug-likeness (QED) is 0.556. The lowest BCUT2D eigenvalue weighted by Crippen LogP contribution is -2.23. The number of H-pyrrole nitrogens is 1. The van der Waals surface area contributed by atoms with Gasteiger partial charge in [-0.25, -0.2) is 0 Å². The van der Waals surface area contributed by atoms with Crippen LogP contribution in [-0.4, -0.2) is 23.3 Å². The van der Waals surface area contributed by atoms with Crippen LogP contribution >= 0.6 is 0 Å². The first-order valence-corrected chi connectivity index (χ1v) is 7.76. The summed E-state index contributed by atoms with van der Waals surface area (Å²) in [6, 6.07) is 14.5. The first-order chi connectivity index (χ1) is 11.6. The number of fused-ring (bicyclic) bond motifs is 1.